The van der Waals surface area contributed by atoms with Gasteiger partial charge < -0.3 is 14.8 Å². The van der Waals surface area contributed by atoms with Gasteiger partial charge in [0.05, 0.1) is 17.8 Å². The lowest BCUT2D eigenvalue weighted by atomic mass is 9.96. The number of nitrogens with zero attached hydrogens (tertiary/aromatic N) is 4. The second-order valence-electron chi connectivity index (χ2n) is 8.78. The van der Waals surface area contributed by atoms with E-state index in [1.807, 2.05) is 36.5 Å². The molecule has 0 radical (unpaired) electrons. The molecule has 0 bridgehead atoms. The van der Waals surface area contributed by atoms with E-state index in [0.29, 0.717) is 10.7 Å². The van der Waals surface area contributed by atoms with Gasteiger partial charge in [-0.25, -0.2) is 9.37 Å². The van der Waals surface area contributed by atoms with E-state index in [-0.39, 0.29) is 17.9 Å². The molecule has 1 aromatic carbocycles. The fraction of sp³-hybridized carbons (Fsp3) is 0.222. The second-order valence-corrected chi connectivity index (χ2v) is 9.17. The van der Waals surface area contributed by atoms with Gasteiger partial charge in [-0.1, -0.05) is 6.07 Å². The quantitative estimate of drug-likeness (QED) is 0.380. The average Bonchev–Trinajstić information content (AvgIpc) is 3.31. The van der Waals surface area contributed by atoms with Gasteiger partial charge in [0.1, 0.15) is 11.6 Å². The molecule has 5 nitrogen and oxygen atoms in total. The summed E-state index contributed by atoms with van der Waals surface area (Å²) >= 11 is 5.82. The van der Waals surface area contributed by atoms with Crippen LogP contribution in [-0.4, -0.2) is 19.6 Å². The lowest BCUT2D eigenvalue weighted by Crippen LogP contribution is -2.29. The Balaban J connectivity index is 1.69. The van der Waals surface area contributed by atoms with Gasteiger partial charge in [0, 0.05) is 29.5 Å². The molecule has 7 heteroatoms. The van der Waals surface area contributed by atoms with E-state index < -0.39 is 0 Å². The van der Waals surface area contributed by atoms with E-state index in [4.69, 9.17) is 12.2 Å². The first-order valence-corrected chi connectivity index (χ1v) is 11.6. The van der Waals surface area contributed by atoms with Crippen LogP contribution in [0, 0.1) is 33.5 Å². The molecular formula is C27H26FN5S. The van der Waals surface area contributed by atoms with Crippen LogP contribution in [0.15, 0.2) is 67.0 Å². The molecule has 5 rings (SSSR count). The zero-order chi connectivity index (χ0) is 24.0. The number of aromatic nitrogens is 3. The molecule has 1 saturated heterocycles. The maximum atomic E-state index is 14.1. The van der Waals surface area contributed by atoms with Crippen LogP contribution in [0.3, 0.4) is 0 Å². The number of anilines is 1. The van der Waals surface area contributed by atoms with Crippen molar-refractivity contribution in [1.29, 1.82) is 0 Å². The monoisotopic (exact) mass is 471 g/mol. The summed E-state index contributed by atoms with van der Waals surface area (Å²) in [6, 6.07) is 17.0. The van der Waals surface area contributed by atoms with Crippen molar-refractivity contribution in [3.8, 4) is 5.82 Å². The molecule has 0 spiro atoms. The first-order valence-electron chi connectivity index (χ1n) is 11.2. The third-order valence-electron chi connectivity index (χ3n) is 6.44. The Morgan fingerprint density at radius 3 is 2.47 bits per heavy atom. The van der Waals surface area contributed by atoms with Gasteiger partial charge in [0.15, 0.2) is 5.11 Å². The summed E-state index contributed by atoms with van der Waals surface area (Å²) in [6.45, 7) is 8.03. The molecule has 1 aliphatic rings. The molecule has 0 saturated carbocycles. The zero-order valence-electron chi connectivity index (χ0n) is 19.6. The number of thiocarbonyl (C=S) groups is 1. The van der Waals surface area contributed by atoms with Gasteiger partial charge >= 0.3 is 0 Å². The highest BCUT2D eigenvalue weighted by atomic mass is 32.1. The molecule has 1 aliphatic heterocycles. The number of rotatable bonds is 4. The number of benzene rings is 1. The van der Waals surface area contributed by atoms with Crippen LogP contribution in [0.4, 0.5) is 10.1 Å². The molecule has 1 fully saturated rings. The lowest BCUT2D eigenvalue weighted by Gasteiger charge is -2.28. The van der Waals surface area contributed by atoms with E-state index in [1.54, 1.807) is 19.2 Å². The maximum Gasteiger partial charge on any atom is 0.174 e. The van der Waals surface area contributed by atoms with Crippen molar-refractivity contribution in [3.05, 3.63) is 107 Å². The highest BCUT2D eigenvalue weighted by Gasteiger charge is 2.42. The number of halogens is 1. The van der Waals surface area contributed by atoms with Gasteiger partial charge in [-0.2, -0.15) is 0 Å². The van der Waals surface area contributed by atoms with Crippen molar-refractivity contribution < 1.29 is 4.39 Å². The van der Waals surface area contributed by atoms with E-state index in [2.05, 4.69) is 57.7 Å². The number of aryl methyl sites for hydroxylation is 3. The van der Waals surface area contributed by atoms with Gasteiger partial charge in [0.2, 0.25) is 0 Å². The molecular weight excluding hydrogens is 445 g/mol. The fourth-order valence-corrected chi connectivity index (χ4v) is 5.16. The van der Waals surface area contributed by atoms with E-state index in [1.165, 1.54) is 6.07 Å². The normalized spacial score (nSPS) is 17.8. The largest absolute Gasteiger partial charge is 0.351 e. The topological polar surface area (TPSA) is 46.0 Å². The lowest BCUT2D eigenvalue weighted by molar-refractivity contribution is 0.564. The van der Waals surface area contributed by atoms with Crippen LogP contribution in [0.1, 0.15) is 45.9 Å². The van der Waals surface area contributed by atoms with Crippen molar-refractivity contribution in [2.24, 2.45) is 0 Å². The van der Waals surface area contributed by atoms with E-state index in [0.717, 1.165) is 39.7 Å². The molecule has 0 amide bonds. The fourth-order valence-electron chi connectivity index (χ4n) is 4.81. The molecule has 4 aromatic rings. The number of pyridine rings is 2. The van der Waals surface area contributed by atoms with Crippen LogP contribution in [0.25, 0.3) is 5.82 Å². The Kier molecular flexibility index (Phi) is 5.65. The van der Waals surface area contributed by atoms with Gasteiger partial charge in [-0.3, -0.25) is 4.98 Å². The van der Waals surface area contributed by atoms with Crippen LogP contribution in [0.2, 0.25) is 0 Å². The summed E-state index contributed by atoms with van der Waals surface area (Å²) < 4.78 is 16.3. The van der Waals surface area contributed by atoms with Crippen LogP contribution >= 0.6 is 12.2 Å². The Bertz CT molecular complexity index is 1380. The van der Waals surface area contributed by atoms with Crippen molar-refractivity contribution in [2.45, 2.75) is 39.8 Å². The van der Waals surface area contributed by atoms with E-state index in [9.17, 15) is 4.39 Å². The molecule has 3 aromatic heterocycles. The Morgan fingerprint density at radius 1 is 0.941 bits per heavy atom. The third-order valence-corrected chi connectivity index (χ3v) is 6.75. The van der Waals surface area contributed by atoms with Crippen molar-refractivity contribution in [3.63, 3.8) is 0 Å². The van der Waals surface area contributed by atoms with E-state index >= 15 is 0 Å². The first-order chi connectivity index (χ1) is 16.3. The third kappa shape index (κ3) is 3.76. The zero-order valence-corrected chi connectivity index (χ0v) is 20.4. The summed E-state index contributed by atoms with van der Waals surface area (Å²) in [6.07, 6.45) is 3.63. The standard InChI is InChI=1S/C27H26FN5S/c1-16-10-12-30-24(13-16)32-18(3)15-21(19(32)4)26-25(23-7-5-6-11-29-23)31-27(34)33(26)20-8-9-22(28)17(2)14-20/h5-15,25-26H,1-4H3,(H,31,34)/t25-,26+/m1/s1. The number of hydrogen-bond acceptors (Lipinski definition) is 3. The minimum absolute atomic E-state index is 0.168. The summed E-state index contributed by atoms with van der Waals surface area (Å²) in [7, 11) is 0. The highest BCUT2D eigenvalue weighted by Crippen LogP contribution is 2.43. The predicted molar refractivity (Wildman–Crippen MR) is 137 cm³/mol. The summed E-state index contributed by atoms with van der Waals surface area (Å²) in [5, 5.41) is 4.07. The second kappa shape index (κ2) is 8.65. The molecule has 172 valence electrons. The maximum absolute atomic E-state index is 14.1. The Hall–Kier alpha value is -3.58. The van der Waals surface area contributed by atoms with Crippen LogP contribution < -0.4 is 10.2 Å². The number of nitrogens with one attached hydrogen (secondary N) is 1. The van der Waals surface area contributed by atoms with Crippen molar-refractivity contribution in [1.82, 2.24) is 19.9 Å². The molecule has 4 heterocycles. The number of hydrogen-bond donors (Lipinski definition) is 1. The summed E-state index contributed by atoms with van der Waals surface area (Å²) in [5.74, 6) is 0.650. The molecule has 2 atom stereocenters. The SMILES string of the molecule is Cc1ccnc(-n2c(C)cc([C@H]3[C@@H](c4ccccn4)NC(=S)N3c3ccc(F)c(C)c3)c2C)c1. The molecule has 0 unspecified atom stereocenters. The molecule has 1 N–H and O–H groups in total. The minimum atomic E-state index is -0.233. The van der Waals surface area contributed by atoms with Crippen LogP contribution in [-0.2, 0) is 0 Å². The van der Waals surface area contributed by atoms with Crippen molar-refractivity contribution in [2.75, 3.05) is 4.90 Å². The van der Waals surface area contributed by atoms with Crippen molar-refractivity contribution >= 4 is 23.0 Å². The minimum Gasteiger partial charge on any atom is -0.351 e. The highest BCUT2D eigenvalue weighted by molar-refractivity contribution is 7.80. The van der Waals surface area contributed by atoms with Crippen LogP contribution in [0.5, 0.6) is 0 Å². The predicted octanol–water partition coefficient (Wildman–Crippen LogP) is 5.82. The van der Waals surface area contributed by atoms with Gasteiger partial charge in [-0.05, 0) is 105 Å². The molecule has 0 aliphatic carbocycles. The van der Waals surface area contributed by atoms with Gasteiger partial charge in [0.25, 0.3) is 0 Å². The Labute approximate surface area is 204 Å². The Morgan fingerprint density at radius 2 is 1.76 bits per heavy atom. The average molecular weight is 472 g/mol. The smallest absolute Gasteiger partial charge is 0.174 e. The van der Waals surface area contributed by atoms with Gasteiger partial charge in [-0.15, -0.1) is 0 Å². The summed E-state index contributed by atoms with van der Waals surface area (Å²) in [5.41, 5.74) is 6.75. The molecule has 34 heavy (non-hydrogen) atoms. The first kappa shape index (κ1) is 22.2. The summed E-state index contributed by atoms with van der Waals surface area (Å²) in [4.78, 5) is 11.3.